The number of pyridine rings is 1. The van der Waals surface area contributed by atoms with Crippen LogP contribution in [0.1, 0.15) is 5.56 Å². The Balaban J connectivity index is 0.00000144. The van der Waals surface area contributed by atoms with Gasteiger partial charge < -0.3 is 9.30 Å². The predicted octanol–water partition coefficient (Wildman–Crippen LogP) is 2.71. The molecule has 0 atom stereocenters. The van der Waals surface area contributed by atoms with Crippen LogP contribution in [-0.2, 0) is 12.9 Å². The van der Waals surface area contributed by atoms with Crippen molar-refractivity contribution in [2.45, 2.75) is 5.88 Å². The average Bonchev–Trinajstić information content (AvgIpc) is 2.33. The molecule has 1 aromatic carbocycles. The van der Waals surface area contributed by atoms with Crippen molar-refractivity contribution in [3.63, 3.8) is 0 Å². The number of rotatable bonds is 2. The molecule has 0 aliphatic rings. The van der Waals surface area contributed by atoms with E-state index < -0.39 is 0 Å². The lowest BCUT2D eigenvalue weighted by Gasteiger charge is -2.08. The van der Waals surface area contributed by atoms with E-state index in [1.807, 2.05) is 23.7 Å². The highest BCUT2D eigenvalue weighted by molar-refractivity contribution is 6.17. The Morgan fingerprint density at radius 3 is 2.71 bits per heavy atom. The number of methoxy groups -OCH3 is 1. The fraction of sp³-hybridized carbons (Fsp3) is 0.250. The minimum atomic E-state index is -0.0259. The summed E-state index contributed by atoms with van der Waals surface area (Å²) in [4.78, 5) is 12.0. The normalized spacial score (nSPS) is 10.1. The highest BCUT2D eigenvalue weighted by Crippen LogP contribution is 2.18. The van der Waals surface area contributed by atoms with Gasteiger partial charge in [0.05, 0.1) is 18.5 Å². The van der Waals surface area contributed by atoms with Crippen LogP contribution >= 0.6 is 24.0 Å². The molecule has 2 rings (SSSR count). The minimum absolute atomic E-state index is 0. The third-order valence-corrected chi connectivity index (χ3v) is 2.90. The van der Waals surface area contributed by atoms with Crippen LogP contribution < -0.4 is 10.2 Å². The van der Waals surface area contributed by atoms with E-state index in [1.165, 1.54) is 0 Å². The van der Waals surface area contributed by atoms with Crippen molar-refractivity contribution in [1.29, 1.82) is 0 Å². The van der Waals surface area contributed by atoms with Gasteiger partial charge in [0.1, 0.15) is 5.75 Å². The molecule has 0 radical (unpaired) electrons. The second-order valence-corrected chi connectivity index (χ2v) is 3.88. The molecular formula is C12H13Cl2NO2. The van der Waals surface area contributed by atoms with Crippen LogP contribution in [-0.4, -0.2) is 11.7 Å². The van der Waals surface area contributed by atoms with E-state index in [9.17, 15) is 4.79 Å². The van der Waals surface area contributed by atoms with Crippen LogP contribution in [0.15, 0.2) is 29.2 Å². The number of ether oxygens (including phenoxy) is 1. The van der Waals surface area contributed by atoms with Crippen molar-refractivity contribution in [2.24, 2.45) is 7.05 Å². The van der Waals surface area contributed by atoms with E-state index in [2.05, 4.69) is 0 Å². The Morgan fingerprint density at radius 2 is 2.12 bits per heavy atom. The molecule has 0 N–H and O–H groups in total. The van der Waals surface area contributed by atoms with Gasteiger partial charge in [-0.05, 0) is 18.2 Å². The summed E-state index contributed by atoms with van der Waals surface area (Å²) < 4.78 is 7.01. The first-order valence-electron chi connectivity index (χ1n) is 4.89. The molecule has 0 unspecified atom stereocenters. The topological polar surface area (TPSA) is 31.2 Å². The van der Waals surface area contributed by atoms with Crippen LogP contribution in [0.2, 0.25) is 0 Å². The first kappa shape index (κ1) is 13.9. The van der Waals surface area contributed by atoms with Gasteiger partial charge in [-0.2, -0.15) is 0 Å². The van der Waals surface area contributed by atoms with Gasteiger partial charge >= 0.3 is 0 Å². The van der Waals surface area contributed by atoms with E-state index in [0.29, 0.717) is 16.7 Å². The lowest BCUT2D eigenvalue weighted by molar-refractivity contribution is 0.415. The Hall–Kier alpha value is -1.19. The molecule has 3 nitrogen and oxygen atoms in total. The van der Waals surface area contributed by atoms with Gasteiger partial charge in [-0.15, -0.1) is 24.0 Å². The zero-order chi connectivity index (χ0) is 11.7. The number of nitrogens with zero attached hydrogens (tertiary/aromatic N) is 1. The van der Waals surface area contributed by atoms with Crippen molar-refractivity contribution >= 4 is 34.9 Å². The van der Waals surface area contributed by atoms with Gasteiger partial charge in [0.15, 0.2) is 5.43 Å². The van der Waals surface area contributed by atoms with Gasteiger partial charge in [0, 0.05) is 24.2 Å². The highest BCUT2D eigenvalue weighted by Gasteiger charge is 2.07. The number of hydrogen-bond acceptors (Lipinski definition) is 2. The van der Waals surface area contributed by atoms with Crippen LogP contribution in [0.5, 0.6) is 5.75 Å². The zero-order valence-electron chi connectivity index (χ0n) is 9.57. The lowest BCUT2D eigenvalue weighted by atomic mass is 10.1. The molecule has 0 saturated heterocycles. The van der Waals surface area contributed by atoms with E-state index >= 15 is 0 Å². The first-order valence-corrected chi connectivity index (χ1v) is 5.43. The summed E-state index contributed by atoms with van der Waals surface area (Å²) in [6.07, 6.45) is 1.77. The van der Waals surface area contributed by atoms with Crippen molar-refractivity contribution in [1.82, 2.24) is 4.57 Å². The zero-order valence-corrected chi connectivity index (χ0v) is 11.1. The van der Waals surface area contributed by atoms with Gasteiger partial charge in [-0.1, -0.05) is 0 Å². The minimum Gasteiger partial charge on any atom is -0.497 e. The van der Waals surface area contributed by atoms with Crippen LogP contribution in [0.4, 0.5) is 0 Å². The summed E-state index contributed by atoms with van der Waals surface area (Å²) in [6, 6.07) is 5.45. The quantitative estimate of drug-likeness (QED) is 0.788. The number of alkyl halides is 1. The number of halogens is 2. The van der Waals surface area contributed by atoms with Crippen LogP contribution in [0.3, 0.4) is 0 Å². The third kappa shape index (κ3) is 2.40. The molecule has 92 valence electrons. The molecule has 0 aliphatic carbocycles. The summed E-state index contributed by atoms with van der Waals surface area (Å²) in [5.41, 5.74) is 1.45. The molecule has 17 heavy (non-hydrogen) atoms. The predicted molar refractivity (Wildman–Crippen MR) is 72.5 cm³/mol. The highest BCUT2D eigenvalue weighted by atomic mass is 35.5. The molecule has 0 spiro atoms. The molecule has 5 heteroatoms. The molecule has 0 saturated carbocycles. The van der Waals surface area contributed by atoms with Crippen LogP contribution in [0, 0.1) is 0 Å². The van der Waals surface area contributed by atoms with Crippen molar-refractivity contribution in [2.75, 3.05) is 7.11 Å². The molecule has 1 heterocycles. The Kier molecular flexibility index (Phi) is 4.43. The molecule has 0 bridgehead atoms. The summed E-state index contributed by atoms with van der Waals surface area (Å²) in [5.74, 6) is 0.899. The summed E-state index contributed by atoms with van der Waals surface area (Å²) in [6.45, 7) is 0. The number of aryl methyl sites for hydroxylation is 1. The maximum atomic E-state index is 12.0. The number of fused-ring (bicyclic) bond motifs is 1. The monoisotopic (exact) mass is 273 g/mol. The Morgan fingerprint density at radius 1 is 1.41 bits per heavy atom. The standard InChI is InChI=1S/C12H12ClNO2.ClH/c1-14-7-8(6-13)12(15)10-5-9(16-2)3-4-11(10)14;/h3-5,7H,6H2,1-2H3;1H. The molecule has 0 amide bonds. The summed E-state index contributed by atoms with van der Waals surface area (Å²) in [7, 11) is 3.47. The average molecular weight is 274 g/mol. The summed E-state index contributed by atoms with van der Waals surface area (Å²) in [5, 5.41) is 0.639. The molecule has 0 fully saturated rings. The lowest BCUT2D eigenvalue weighted by Crippen LogP contribution is -2.12. The van der Waals surface area contributed by atoms with E-state index in [1.54, 1.807) is 19.4 Å². The van der Waals surface area contributed by atoms with Gasteiger partial charge in [-0.3, -0.25) is 4.79 Å². The number of hydrogen-bond donors (Lipinski definition) is 0. The maximum Gasteiger partial charge on any atom is 0.193 e. The fourth-order valence-electron chi connectivity index (χ4n) is 1.76. The Bertz CT molecular complexity index is 593. The van der Waals surface area contributed by atoms with Crippen molar-refractivity contribution in [3.8, 4) is 5.75 Å². The summed E-state index contributed by atoms with van der Waals surface area (Å²) >= 11 is 5.73. The largest absolute Gasteiger partial charge is 0.497 e. The van der Waals surface area contributed by atoms with Crippen molar-refractivity contribution < 1.29 is 4.74 Å². The Labute approximate surface area is 110 Å². The SMILES string of the molecule is COc1ccc2c(c1)c(=O)c(CCl)cn2C.Cl. The smallest absolute Gasteiger partial charge is 0.193 e. The van der Waals surface area contributed by atoms with Crippen molar-refractivity contribution in [3.05, 3.63) is 40.2 Å². The fourth-order valence-corrected chi connectivity index (χ4v) is 1.95. The van der Waals surface area contributed by atoms with Gasteiger partial charge in [0.2, 0.25) is 0 Å². The number of aromatic nitrogens is 1. The maximum absolute atomic E-state index is 12.0. The molecule has 0 aliphatic heterocycles. The molecule has 1 aromatic heterocycles. The van der Waals surface area contributed by atoms with Gasteiger partial charge in [-0.25, -0.2) is 0 Å². The van der Waals surface area contributed by atoms with E-state index in [4.69, 9.17) is 16.3 Å². The number of benzene rings is 1. The molecule has 2 aromatic rings. The second-order valence-electron chi connectivity index (χ2n) is 3.61. The third-order valence-electron chi connectivity index (χ3n) is 2.61. The first-order chi connectivity index (χ1) is 7.67. The van der Waals surface area contributed by atoms with Crippen LogP contribution in [0.25, 0.3) is 10.9 Å². The second kappa shape index (κ2) is 5.43. The molecular weight excluding hydrogens is 261 g/mol. The van der Waals surface area contributed by atoms with Gasteiger partial charge in [0.25, 0.3) is 0 Å². The van der Waals surface area contributed by atoms with E-state index in [0.717, 1.165) is 5.52 Å². The van der Waals surface area contributed by atoms with E-state index in [-0.39, 0.29) is 23.7 Å².